The zero-order valence-electron chi connectivity index (χ0n) is 10.2. The predicted molar refractivity (Wildman–Crippen MR) is 62.4 cm³/mol. The van der Waals surface area contributed by atoms with E-state index in [9.17, 15) is 14.7 Å². The van der Waals surface area contributed by atoms with Crippen molar-refractivity contribution in [3.8, 4) is 5.75 Å². The Labute approximate surface area is 104 Å². The van der Waals surface area contributed by atoms with Gasteiger partial charge in [-0.25, -0.2) is 0 Å². The molecular weight excluding hydrogens is 236 g/mol. The molecule has 0 amide bonds. The highest BCUT2D eigenvalue weighted by Gasteiger charge is 2.67. The molecule has 0 aliphatic heterocycles. The van der Waals surface area contributed by atoms with Crippen LogP contribution in [0.15, 0.2) is 24.3 Å². The van der Waals surface area contributed by atoms with E-state index >= 15 is 0 Å². The number of carboxylic acid groups (broad SMARTS) is 1. The van der Waals surface area contributed by atoms with Crippen LogP contribution in [0.4, 0.5) is 0 Å². The van der Waals surface area contributed by atoms with E-state index in [1.807, 2.05) is 0 Å². The first-order valence-corrected chi connectivity index (χ1v) is 5.52. The maximum Gasteiger partial charge on any atom is 0.323 e. The number of carbonyl (C=O) groups is 2. The number of carboxylic acids is 1. The molecule has 1 aliphatic carbocycles. The molecule has 96 valence electrons. The van der Waals surface area contributed by atoms with Gasteiger partial charge in [0, 0.05) is 5.92 Å². The summed E-state index contributed by atoms with van der Waals surface area (Å²) in [4.78, 5) is 22.9. The van der Waals surface area contributed by atoms with E-state index < -0.39 is 17.4 Å². The van der Waals surface area contributed by atoms with E-state index in [0.29, 0.717) is 5.75 Å². The smallest absolute Gasteiger partial charge is 0.323 e. The number of hydrogen-bond donors (Lipinski definition) is 1. The Bertz CT molecular complexity index is 479. The van der Waals surface area contributed by atoms with Gasteiger partial charge in [0.25, 0.3) is 0 Å². The summed E-state index contributed by atoms with van der Waals surface area (Å²) in [5.41, 5.74) is -0.604. The summed E-state index contributed by atoms with van der Waals surface area (Å²) in [6.07, 6.45) is 0.279. The molecule has 1 fully saturated rings. The Morgan fingerprint density at radius 2 is 1.89 bits per heavy atom. The summed E-state index contributed by atoms with van der Waals surface area (Å²) in [6.45, 7) is 0. The van der Waals surface area contributed by atoms with Crippen LogP contribution in [0.3, 0.4) is 0 Å². The highest BCUT2D eigenvalue weighted by molar-refractivity contribution is 6.04. The van der Waals surface area contributed by atoms with Crippen molar-refractivity contribution in [2.45, 2.75) is 12.3 Å². The first-order chi connectivity index (χ1) is 8.56. The fourth-order valence-corrected chi connectivity index (χ4v) is 2.23. The van der Waals surface area contributed by atoms with Crippen LogP contribution >= 0.6 is 0 Å². The molecular formula is C13H14O5. The van der Waals surface area contributed by atoms with Crippen molar-refractivity contribution in [1.82, 2.24) is 0 Å². The second kappa shape index (κ2) is 4.33. The number of hydrogen-bond acceptors (Lipinski definition) is 4. The predicted octanol–water partition coefficient (Wildman–Crippen LogP) is 1.43. The van der Waals surface area contributed by atoms with Gasteiger partial charge in [0.1, 0.15) is 5.75 Å². The summed E-state index contributed by atoms with van der Waals surface area (Å²) >= 11 is 0. The third-order valence-corrected chi connectivity index (χ3v) is 3.41. The molecule has 1 aliphatic rings. The maximum absolute atomic E-state index is 11.6. The molecule has 2 unspecified atom stereocenters. The Kier molecular flexibility index (Phi) is 2.98. The zero-order valence-corrected chi connectivity index (χ0v) is 10.2. The normalized spacial score (nSPS) is 25.3. The minimum atomic E-state index is -1.41. The lowest BCUT2D eigenvalue weighted by molar-refractivity contribution is -0.159. The number of rotatable bonds is 4. The van der Waals surface area contributed by atoms with E-state index in [1.165, 1.54) is 7.11 Å². The number of benzene rings is 1. The summed E-state index contributed by atoms with van der Waals surface area (Å²) in [5.74, 6) is -1.45. The van der Waals surface area contributed by atoms with Gasteiger partial charge >= 0.3 is 11.9 Å². The van der Waals surface area contributed by atoms with E-state index in [1.54, 1.807) is 31.4 Å². The Hall–Kier alpha value is -2.04. The topological polar surface area (TPSA) is 72.8 Å². The van der Waals surface area contributed by atoms with Crippen molar-refractivity contribution in [2.24, 2.45) is 5.41 Å². The molecule has 1 aromatic carbocycles. The summed E-state index contributed by atoms with van der Waals surface area (Å²) < 4.78 is 9.62. The standard InChI is InChI=1S/C13H14O5/c1-17-9-5-3-8(4-6-9)10-7-13(10,11(14)15)12(16)18-2/h3-6,10H,7H2,1-2H3,(H,14,15). The lowest BCUT2D eigenvalue weighted by Gasteiger charge is -2.10. The molecule has 0 bridgehead atoms. The van der Waals surface area contributed by atoms with Crippen LogP contribution in [0.1, 0.15) is 17.9 Å². The molecule has 2 rings (SSSR count). The van der Waals surface area contributed by atoms with Gasteiger partial charge < -0.3 is 14.6 Å². The van der Waals surface area contributed by atoms with Crippen LogP contribution in [0.2, 0.25) is 0 Å². The van der Waals surface area contributed by atoms with Gasteiger partial charge in [-0.3, -0.25) is 9.59 Å². The van der Waals surface area contributed by atoms with Crippen molar-refractivity contribution in [2.75, 3.05) is 14.2 Å². The van der Waals surface area contributed by atoms with E-state index in [4.69, 9.17) is 4.74 Å². The first-order valence-electron chi connectivity index (χ1n) is 5.52. The monoisotopic (exact) mass is 250 g/mol. The van der Waals surface area contributed by atoms with Crippen LogP contribution in [0, 0.1) is 5.41 Å². The van der Waals surface area contributed by atoms with Crippen LogP contribution < -0.4 is 4.74 Å². The highest BCUT2D eigenvalue weighted by Crippen LogP contribution is 2.60. The Morgan fingerprint density at radius 1 is 1.28 bits per heavy atom. The summed E-state index contributed by atoms with van der Waals surface area (Å²) in [5, 5.41) is 9.21. The minimum absolute atomic E-state index is 0.279. The minimum Gasteiger partial charge on any atom is -0.497 e. The molecule has 0 aromatic heterocycles. The second-order valence-corrected chi connectivity index (χ2v) is 4.30. The first kappa shape index (κ1) is 12.4. The largest absolute Gasteiger partial charge is 0.497 e. The average Bonchev–Trinajstić information content (AvgIpc) is 3.14. The van der Waals surface area contributed by atoms with Crippen molar-refractivity contribution >= 4 is 11.9 Å². The summed E-state index contributed by atoms with van der Waals surface area (Å²) in [6, 6.07) is 7.04. The third-order valence-electron chi connectivity index (χ3n) is 3.41. The highest BCUT2D eigenvalue weighted by atomic mass is 16.5. The van der Waals surface area contributed by atoms with Crippen LogP contribution in [0.5, 0.6) is 5.75 Å². The molecule has 0 heterocycles. The fourth-order valence-electron chi connectivity index (χ4n) is 2.23. The second-order valence-electron chi connectivity index (χ2n) is 4.30. The number of ether oxygens (including phenoxy) is 2. The number of esters is 1. The van der Waals surface area contributed by atoms with Gasteiger partial charge in [0.15, 0.2) is 5.41 Å². The van der Waals surface area contributed by atoms with Gasteiger partial charge in [-0.05, 0) is 24.1 Å². The Morgan fingerprint density at radius 3 is 2.33 bits per heavy atom. The average molecular weight is 250 g/mol. The van der Waals surface area contributed by atoms with Gasteiger partial charge in [-0.15, -0.1) is 0 Å². The van der Waals surface area contributed by atoms with Gasteiger partial charge in [-0.1, -0.05) is 12.1 Å². The number of methoxy groups -OCH3 is 2. The molecule has 2 atom stereocenters. The number of carbonyl (C=O) groups excluding carboxylic acids is 1. The van der Waals surface area contributed by atoms with Crippen LogP contribution in [-0.2, 0) is 14.3 Å². The fraction of sp³-hybridized carbons (Fsp3) is 0.385. The molecule has 1 aromatic rings. The molecule has 18 heavy (non-hydrogen) atoms. The molecule has 1 saturated carbocycles. The summed E-state index contributed by atoms with van der Waals surface area (Å²) in [7, 11) is 2.76. The third kappa shape index (κ3) is 1.72. The van der Waals surface area contributed by atoms with Crippen molar-refractivity contribution in [3.63, 3.8) is 0 Å². The maximum atomic E-state index is 11.6. The van der Waals surface area contributed by atoms with Gasteiger partial charge in [0.05, 0.1) is 14.2 Å². The van der Waals surface area contributed by atoms with E-state index in [2.05, 4.69) is 4.74 Å². The van der Waals surface area contributed by atoms with E-state index in [0.717, 1.165) is 5.56 Å². The molecule has 0 saturated heterocycles. The Balaban J connectivity index is 2.26. The van der Waals surface area contributed by atoms with Crippen molar-refractivity contribution < 1.29 is 24.2 Å². The number of aliphatic carboxylic acids is 1. The zero-order chi connectivity index (χ0) is 13.3. The molecule has 5 heteroatoms. The van der Waals surface area contributed by atoms with Crippen LogP contribution in [-0.4, -0.2) is 31.3 Å². The van der Waals surface area contributed by atoms with Gasteiger partial charge in [0.2, 0.25) is 0 Å². The van der Waals surface area contributed by atoms with Crippen molar-refractivity contribution in [1.29, 1.82) is 0 Å². The molecule has 5 nitrogen and oxygen atoms in total. The SMILES string of the molecule is COC(=O)C1(C(=O)O)CC1c1ccc(OC)cc1. The quantitative estimate of drug-likeness (QED) is 0.646. The molecule has 0 radical (unpaired) electrons. The van der Waals surface area contributed by atoms with E-state index in [-0.39, 0.29) is 12.3 Å². The molecule has 1 N–H and O–H groups in total. The lowest BCUT2D eigenvalue weighted by atomic mass is 9.99. The van der Waals surface area contributed by atoms with Crippen LogP contribution in [0.25, 0.3) is 0 Å². The molecule has 0 spiro atoms. The van der Waals surface area contributed by atoms with Gasteiger partial charge in [-0.2, -0.15) is 0 Å². The lowest BCUT2D eigenvalue weighted by Crippen LogP contribution is -2.28. The van der Waals surface area contributed by atoms with Crippen molar-refractivity contribution in [3.05, 3.63) is 29.8 Å².